The molecule has 0 unspecified atom stereocenters. The monoisotopic (exact) mass is 415 g/mol. The van der Waals surface area contributed by atoms with E-state index >= 15 is 0 Å². The number of nitrogens with one attached hydrogen (secondary N) is 1. The SMILES string of the molecule is CCNC(=NCC1(c2cccc(Cl)c2)CC1)N1CCN(Cc2cc(C)on2)CC1. The van der Waals surface area contributed by atoms with Gasteiger partial charge in [-0.2, -0.15) is 0 Å². The lowest BCUT2D eigenvalue weighted by Gasteiger charge is -2.36. The summed E-state index contributed by atoms with van der Waals surface area (Å²) in [6, 6.07) is 10.3. The Balaban J connectivity index is 1.36. The van der Waals surface area contributed by atoms with E-state index in [0.717, 1.165) is 68.2 Å². The van der Waals surface area contributed by atoms with Gasteiger partial charge >= 0.3 is 0 Å². The lowest BCUT2D eigenvalue weighted by molar-refractivity contribution is 0.169. The van der Waals surface area contributed by atoms with Gasteiger partial charge in [-0.3, -0.25) is 9.89 Å². The van der Waals surface area contributed by atoms with Crippen molar-refractivity contribution in [3.8, 4) is 0 Å². The molecule has 0 amide bonds. The van der Waals surface area contributed by atoms with Crippen LogP contribution in [0.4, 0.5) is 0 Å². The highest BCUT2D eigenvalue weighted by molar-refractivity contribution is 6.30. The Labute approximate surface area is 177 Å². The van der Waals surface area contributed by atoms with Crippen molar-refractivity contribution < 1.29 is 4.52 Å². The van der Waals surface area contributed by atoms with Gasteiger partial charge in [0, 0.05) is 55.8 Å². The number of benzene rings is 1. The average molecular weight is 416 g/mol. The molecule has 4 rings (SSSR count). The van der Waals surface area contributed by atoms with Gasteiger partial charge in [-0.25, -0.2) is 0 Å². The zero-order valence-corrected chi connectivity index (χ0v) is 18.1. The van der Waals surface area contributed by atoms with Crippen LogP contribution in [0.15, 0.2) is 39.8 Å². The van der Waals surface area contributed by atoms with Gasteiger partial charge in [0.2, 0.25) is 0 Å². The number of halogens is 1. The molecule has 1 N–H and O–H groups in total. The Morgan fingerprint density at radius 3 is 2.66 bits per heavy atom. The molecule has 1 aliphatic heterocycles. The molecule has 1 aromatic carbocycles. The Morgan fingerprint density at radius 1 is 1.24 bits per heavy atom. The van der Waals surface area contributed by atoms with E-state index in [-0.39, 0.29) is 5.41 Å². The van der Waals surface area contributed by atoms with Gasteiger partial charge in [0.1, 0.15) is 5.76 Å². The van der Waals surface area contributed by atoms with Crippen LogP contribution in [0.25, 0.3) is 0 Å². The molecule has 0 bridgehead atoms. The zero-order valence-electron chi connectivity index (χ0n) is 17.3. The first-order valence-electron chi connectivity index (χ1n) is 10.5. The van der Waals surface area contributed by atoms with Gasteiger partial charge in [0.05, 0.1) is 12.2 Å². The number of piperazine rings is 1. The molecule has 6 nitrogen and oxygen atoms in total. The summed E-state index contributed by atoms with van der Waals surface area (Å²) < 4.78 is 5.19. The first-order valence-corrected chi connectivity index (χ1v) is 10.9. The van der Waals surface area contributed by atoms with Gasteiger partial charge in [-0.15, -0.1) is 0 Å². The maximum atomic E-state index is 6.21. The number of hydrogen-bond acceptors (Lipinski definition) is 4. The molecule has 0 atom stereocenters. The molecule has 0 radical (unpaired) electrons. The first-order chi connectivity index (χ1) is 14.1. The maximum absolute atomic E-state index is 6.21. The van der Waals surface area contributed by atoms with E-state index in [2.05, 4.69) is 39.3 Å². The quantitative estimate of drug-likeness (QED) is 0.578. The van der Waals surface area contributed by atoms with Crippen molar-refractivity contribution in [2.75, 3.05) is 39.3 Å². The molecule has 156 valence electrons. The summed E-state index contributed by atoms with van der Waals surface area (Å²) in [4.78, 5) is 9.83. The Kier molecular flexibility index (Phi) is 6.11. The Bertz CT molecular complexity index is 852. The number of aromatic nitrogens is 1. The standard InChI is InChI=1S/C22H30ClN5O/c1-3-24-21(25-16-22(7-8-22)18-5-4-6-19(23)14-18)28-11-9-27(10-12-28)15-20-13-17(2)29-26-20/h4-6,13-14H,3,7-12,15-16H2,1-2H3,(H,24,25). The second-order valence-corrected chi connectivity index (χ2v) is 8.59. The fourth-order valence-electron chi connectivity index (χ4n) is 4.00. The third-order valence-corrected chi connectivity index (χ3v) is 6.13. The minimum Gasteiger partial charge on any atom is -0.361 e. The van der Waals surface area contributed by atoms with Gasteiger partial charge in [0.25, 0.3) is 0 Å². The van der Waals surface area contributed by atoms with Crippen molar-refractivity contribution in [1.82, 2.24) is 20.3 Å². The summed E-state index contributed by atoms with van der Waals surface area (Å²) in [7, 11) is 0. The summed E-state index contributed by atoms with van der Waals surface area (Å²) in [5.74, 6) is 1.90. The number of guanidine groups is 1. The third-order valence-electron chi connectivity index (χ3n) is 5.89. The largest absolute Gasteiger partial charge is 0.361 e. The molecule has 2 heterocycles. The summed E-state index contributed by atoms with van der Waals surface area (Å²) in [5.41, 5.74) is 2.49. The molecule has 0 spiro atoms. The van der Waals surface area contributed by atoms with Crippen LogP contribution in [0.1, 0.15) is 36.8 Å². The molecule has 1 saturated heterocycles. The van der Waals surface area contributed by atoms with Crippen LogP contribution in [0, 0.1) is 6.92 Å². The summed E-state index contributed by atoms with van der Waals surface area (Å²) >= 11 is 6.21. The molecule has 2 fully saturated rings. The molecular formula is C22H30ClN5O. The Hall–Kier alpha value is -2.05. The van der Waals surface area contributed by atoms with Crippen molar-refractivity contribution in [3.05, 3.63) is 52.4 Å². The van der Waals surface area contributed by atoms with E-state index in [4.69, 9.17) is 21.1 Å². The molecule has 1 aliphatic carbocycles. The fraction of sp³-hybridized carbons (Fsp3) is 0.545. The normalized spacial score (nSPS) is 19.4. The van der Waals surface area contributed by atoms with Crippen LogP contribution in [0.3, 0.4) is 0 Å². The van der Waals surface area contributed by atoms with Crippen molar-refractivity contribution in [1.29, 1.82) is 0 Å². The molecule has 2 aliphatic rings. The predicted molar refractivity (Wildman–Crippen MR) is 116 cm³/mol. The summed E-state index contributed by atoms with van der Waals surface area (Å²) in [6.07, 6.45) is 2.36. The van der Waals surface area contributed by atoms with E-state index in [9.17, 15) is 0 Å². The topological polar surface area (TPSA) is 56.9 Å². The van der Waals surface area contributed by atoms with E-state index in [0.29, 0.717) is 0 Å². The second kappa shape index (κ2) is 8.76. The van der Waals surface area contributed by atoms with E-state index in [1.807, 2.05) is 25.1 Å². The molecule has 1 aromatic heterocycles. The number of aryl methyl sites for hydroxylation is 1. The summed E-state index contributed by atoms with van der Waals surface area (Å²) in [5, 5.41) is 8.41. The van der Waals surface area contributed by atoms with Crippen LogP contribution in [-0.4, -0.2) is 60.2 Å². The average Bonchev–Trinajstić information content (AvgIpc) is 3.41. The fourth-order valence-corrected chi connectivity index (χ4v) is 4.19. The number of hydrogen-bond donors (Lipinski definition) is 1. The highest BCUT2D eigenvalue weighted by Crippen LogP contribution is 2.48. The van der Waals surface area contributed by atoms with E-state index < -0.39 is 0 Å². The van der Waals surface area contributed by atoms with Crippen LogP contribution < -0.4 is 5.32 Å². The van der Waals surface area contributed by atoms with Crippen molar-refractivity contribution in [2.45, 2.75) is 38.6 Å². The smallest absolute Gasteiger partial charge is 0.194 e. The van der Waals surface area contributed by atoms with Crippen LogP contribution in [0.2, 0.25) is 5.02 Å². The number of aliphatic imine (C=N–C) groups is 1. The maximum Gasteiger partial charge on any atom is 0.194 e. The van der Waals surface area contributed by atoms with E-state index in [1.165, 1.54) is 18.4 Å². The Morgan fingerprint density at radius 2 is 2.03 bits per heavy atom. The van der Waals surface area contributed by atoms with Crippen molar-refractivity contribution >= 4 is 17.6 Å². The summed E-state index contributed by atoms with van der Waals surface area (Å²) in [6.45, 7) is 10.5. The van der Waals surface area contributed by atoms with Crippen molar-refractivity contribution in [3.63, 3.8) is 0 Å². The highest BCUT2D eigenvalue weighted by atomic mass is 35.5. The predicted octanol–water partition coefficient (Wildman–Crippen LogP) is 3.45. The van der Waals surface area contributed by atoms with Gasteiger partial charge in [0.15, 0.2) is 5.96 Å². The molecule has 1 saturated carbocycles. The van der Waals surface area contributed by atoms with Gasteiger partial charge < -0.3 is 14.7 Å². The third kappa shape index (κ3) is 4.93. The van der Waals surface area contributed by atoms with E-state index in [1.54, 1.807) is 0 Å². The van der Waals surface area contributed by atoms with Crippen LogP contribution in [-0.2, 0) is 12.0 Å². The first kappa shape index (κ1) is 20.2. The van der Waals surface area contributed by atoms with Crippen molar-refractivity contribution in [2.24, 2.45) is 4.99 Å². The minimum absolute atomic E-state index is 0.165. The highest BCUT2D eigenvalue weighted by Gasteiger charge is 2.44. The molecule has 7 heteroatoms. The zero-order chi connectivity index (χ0) is 20.3. The lowest BCUT2D eigenvalue weighted by Crippen LogP contribution is -2.52. The van der Waals surface area contributed by atoms with Crippen LogP contribution >= 0.6 is 11.6 Å². The number of rotatable bonds is 6. The second-order valence-electron chi connectivity index (χ2n) is 8.15. The molecule has 2 aromatic rings. The van der Waals surface area contributed by atoms with Gasteiger partial charge in [-0.05, 0) is 44.4 Å². The molecular weight excluding hydrogens is 386 g/mol. The minimum atomic E-state index is 0.165. The lowest BCUT2D eigenvalue weighted by atomic mass is 9.96. The number of nitrogens with zero attached hydrogens (tertiary/aromatic N) is 4. The molecule has 29 heavy (non-hydrogen) atoms. The van der Waals surface area contributed by atoms with Gasteiger partial charge in [-0.1, -0.05) is 28.9 Å². The van der Waals surface area contributed by atoms with Crippen LogP contribution in [0.5, 0.6) is 0 Å².